The molecule has 104 valence electrons. The summed E-state index contributed by atoms with van der Waals surface area (Å²) in [5.74, 6) is 0.319. The number of non-ortho nitro benzene ring substituents is 1. The molecular formula is C16H18N2O2. The van der Waals surface area contributed by atoms with Crippen LogP contribution in [-0.4, -0.2) is 11.5 Å². The van der Waals surface area contributed by atoms with Crippen LogP contribution < -0.4 is 5.32 Å². The number of nitrogens with one attached hydrogen (secondary N) is 1. The fourth-order valence-electron chi connectivity index (χ4n) is 2.07. The van der Waals surface area contributed by atoms with E-state index in [0.29, 0.717) is 5.92 Å². The van der Waals surface area contributed by atoms with Crippen LogP contribution in [0.15, 0.2) is 54.6 Å². The molecule has 4 heteroatoms. The summed E-state index contributed by atoms with van der Waals surface area (Å²) in [5, 5.41) is 14.0. The van der Waals surface area contributed by atoms with Crippen molar-refractivity contribution in [3.05, 3.63) is 75.8 Å². The van der Waals surface area contributed by atoms with Crippen LogP contribution in [0.4, 0.5) is 5.69 Å². The first-order valence-electron chi connectivity index (χ1n) is 6.66. The summed E-state index contributed by atoms with van der Waals surface area (Å²) < 4.78 is 0. The highest BCUT2D eigenvalue weighted by molar-refractivity contribution is 5.34. The predicted octanol–water partition coefficient (Wildman–Crippen LogP) is 3.49. The van der Waals surface area contributed by atoms with Crippen molar-refractivity contribution in [2.45, 2.75) is 19.4 Å². The third kappa shape index (κ3) is 3.90. The van der Waals surface area contributed by atoms with Crippen molar-refractivity contribution in [3.8, 4) is 0 Å². The minimum absolute atomic E-state index is 0.137. The summed E-state index contributed by atoms with van der Waals surface area (Å²) in [6.45, 7) is 3.78. The maximum absolute atomic E-state index is 10.6. The highest BCUT2D eigenvalue weighted by Crippen LogP contribution is 2.18. The van der Waals surface area contributed by atoms with Gasteiger partial charge in [-0.05, 0) is 17.0 Å². The van der Waals surface area contributed by atoms with Crippen LogP contribution in [0.25, 0.3) is 0 Å². The van der Waals surface area contributed by atoms with E-state index in [-0.39, 0.29) is 10.6 Å². The van der Waals surface area contributed by atoms with Gasteiger partial charge in [0.05, 0.1) is 4.92 Å². The van der Waals surface area contributed by atoms with Crippen LogP contribution in [-0.2, 0) is 6.54 Å². The Bertz CT molecular complexity index is 552. The van der Waals surface area contributed by atoms with E-state index in [0.717, 1.165) is 18.7 Å². The SMILES string of the molecule is C[C@H](CNCc1ccccc1)c1ccc([N+](=O)[O-])cc1. The van der Waals surface area contributed by atoms with Gasteiger partial charge in [-0.15, -0.1) is 0 Å². The molecular weight excluding hydrogens is 252 g/mol. The van der Waals surface area contributed by atoms with E-state index in [2.05, 4.69) is 24.4 Å². The molecule has 1 atom stereocenters. The Morgan fingerprint density at radius 3 is 2.35 bits per heavy atom. The predicted molar refractivity (Wildman–Crippen MR) is 79.7 cm³/mol. The summed E-state index contributed by atoms with van der Waals surface area (Å²) in [6.07, 6.45) is 0. The summed E-state index contributed by atoms with van der Waals surface area (Å²) in [6, 6.07) is 17.0. The Morgan fingerprint density at radius 1 is 1.10 bits per heavy atom. The lowest BCUT2D eigenvalue weighted by Gasteiger charge is -2.13. The number of nitro benzene ring substituents is 1. The number of hydrogen-bond donors (Lipinski definition) is 1. The van der Waals surface area contributed by atoms with Gasteiger partial charge in [-0.3, -0.25) is 10.1 Å². The van der Waals surface area contributed by atoms with Crippen molar-refractivity contribution < 1.29 is 4.92 Å². The fourth-order valence-corrected chi connectivity index (χ4v) is 2.07. The summed E-state index contributed by atoms with van der Waals surface area (Å²) >= 11 is 0. The summed E-state index contributed by atoms with van der Waals surface area (Å²) in [7, 11) is 0. The minimum Gasteiger partial charge on any atom is -0.312 e. The number of rotatable bonds is 6. The maximum Gasteiger partial charge on any atom is 0.269 e. The second-order valence-corrected chi connectivity index (χ2v) is 4.87. The number of nitro groups is 1. The molecule has 0 spiro atoms. The molecule has 0 saturated heterocycles. The summed E-state index contributed by atoms with van der Waals surface area (Å²) in [5.41, 5.74) is 2.50. The van der Waals surface area contributed by atoms with Crippen LogP contribution in [0, 0.1) is 10.1 Å². The molecule has 0 bridgehead atoms. The third-order valence-electron chi connectivity index (χ3n) is 3.30. The first-order chi connectivity index (χ1) is 9.66. The first-order valence-corrected chi connectivity index (χ1v) is 6.66. The summed E-state index contributed by atoms with van der Waals surface area (Å²) in [4.78, 5) is 10.2. The van der Waals surface area contributed by atoms with E-state index in [1.54, 1.807) is 12.1 Å². The molecule has 4 nitrogen and oxygen atoms in total. The van der Waals surface area contributed by atoms with Crippen molar-refractivity contribution in [2.24, 2.45) is 0 Å². The monoisotopic (exact) mass is 270 g/mol. The van der Waals surface area contributed by atoms with Crippen LogP contribution in [0.5, 0.6) is 0 Å². The molecule has 0 aromatic heterocycles. The van der Waals surface area contributed by atoms with E-state index in [4.69, 9.17) is 0 Å². The van der Waals surface area contributed by atoms with Gasteiger partial charge >= 0.3 is 0 Å². The molecule has 0 heterocycles. The van der Waals surface area contributed by atoms with Crippen molar-refractivity contribution in [1.82, 2.24) is 5.32 Å². The Morgan fingerprint density at radius 2 is 1.75 bits per heavy atom. The number of nitrogens with zero attached hydrogens (tertiary/aromatic N) is 1. The van der Waals surface area contributed by atoms with Gasteiger partial charge in [0.15, 0.2) is 0 Å². The average molecular weight is 270 g/mol. The van der Waals surface area contributed by atoms with Crippen LogP contribution in [0.3, 0.4) is 0 Å². The van der Waals surface area contributed by atoms with Crippen LogP contribution in [0.2, 0.25) is 0 Å². The highest BCUT2D eigenvalue weighted by atomic mass is 16.6. The van der Waals surface area contributed by atoms with Crippen molar-refractivity contribution in [2.75, 3.05) is 6.54 Å². The smallest absolute Gasteiger partial charge is 0.269 e. The molecule has 0 amide bonds. The van der Waals surface area contributed by atoms with E-state index in [1.807, 2.05) is 30.3 Å². The van der Waals surface area contributed by atoms with Gasteiger partial charge < -0.3 is 5.32 Å². The zero-order valence-electron chi connectivity index (χ0n) is 11.5. The lowest BCUT2D eigenvalue weighted by Crippen LogP contribution is -2.19. The van der Waals surface area contributed by atoms with Gasteiger partial charge in [0.2, 0.25) is 0 Å². The quantitative estimate of drug-likeness (QED) is 0.645. The lowest BCUT2D eigenvalue weighted by atomic mass is 10.0. The number of hydrogen-bond acceptors (Lipinski definition) is 3. The second kappa shape index (κ2) is 6.82. The van der Waals surface area contributed by atoms with Crippen molar-refractivity contribution in [3.63, 3.8) is 0 Å². The second-order valence-electron chi connectivity index (χ2n) is 4.87. The Kier molecular flexibility index (Phi) is 4.85. The molecule has 0 aliphatic carbocycles. The normalized spacial score (nSPS) is 12.1. The Hall–Kier alpha value is -2.20. The molecule has 0 saturated carbocycles. The Balaban J connectivity index is 1.85. The molecule has 0 radical (unpaired) electrons. The average Bonchev–Trinajstić information content (AvgIpc) is 2.48. The molecule has 2 aromatic rings. The topological polar surface area (TPSA) is 55.2 Å². The molecule has 0 unspecified atom stereocenters. The molecule has 20 heavy (non-hydrogen) atoms. The molecule has 2 rings (SSSR count). The molecule has 0 fully saturated rings. The van der Waals surface area contributed by atoms with Crippen molar-refractivity contribution in [1.29, 1.82) is 0 Å². The van der Waals surface area contributed by atoms with Gasteiger partial charge in [0, 0.05) is 25.2 Å². The van der Waals surface area contributed by atoms with E-state index in [9.17, 15) is 10.1 Å². The lowest BCUT2D eigenvalue weighted by molar-refractivity contribution is -0.384. The fraction of sp³-hybridized carbons (Fsp3) is 0.250. The van der Waals surface area contributed by atoms with Gasteiger partial charge in [-0.2, -0.15) is 0 Å². The van der Waals surface area contributed by atoms with Gasteiger partial charge in [0.1, 0.15) is 0 Å². The van der Waals surface area contributed by atoms with Crippen LogP contribution >= 0.6 is 0 Å². The van der Waals surface area contributed by atoms with Gasteiger partial charge in [0.25, 0.3) is 5.69 Å². The highest BCUT2D eigenvalue weighted by Gasteiger charge is 2.08. The Labute approximate surface area is 118 Å². The zero-order valence-corrected chi connectivity index (χ0v) is 11.5. The zero-order chi connectivity index (χ0) is 14.4. The van der Waals surface area contributed by atoms with E-state index >= 15 is 0 Å². The van der Waals surface area contributed by atoms with Gasteiger partial charge in [-0.1, -0.05) is 49.4 Å². The molecule has 1 N–H and O–H groups in total. The number of benzene rings is 2. The first kappa shape index (κ1) is 14.2. The molecule has 0 aliphatic heterocycles. The van der Waals surface area contributed by atoms with Gasteiger partial charge in [-0.25, -0.2) is 0 Å². The van der Waals surface area contributed by atoms with E-state index < -0.39 is 0 Å². The minimum atomic E-state index is -0.373. The van der Waals surface area contributed by atoms with Crippen molar-refractivity contribution >= 4 is 5.69 Å². The van der Waals surface area contributed by atoms with Crippen LogP contribution in [0.1, 0.15) is 24.0 Å². The molecule has 2 aromatic carbocycles. The van der Waals surface area contributed by atoms with E-state index in [1.165, 1.54) is 5.56 Å². The standard InChI is InChI=1S/C16H18N2O2/c1-13(11-17-12-14-5-3-2-4-6-14)15-7-9-16(10-8-15)18(19)20/h2-10,13,17H,11-12H2,1H3/t13-/m1/s1. The molecule has 0 aliphatic rings. The largest absolute Gasteiger partial charge is 0.312 e. The maximum atomic E-state index is 10.6. The third-order valence-corrected chi connectivity index (χ3v) is 3.30.